The van der Waals surface area contributed by atoms with Gasteiger partial charge in [0.25, 0.3) is 5.91 Å². The number of hydrogen-bond acceptors (Lipinski definition) is 5. The molecular formula is C14H19N3O2S. The van der Waals surface area contributed by atoms with E-state index in [1.165, 1.54) is 11.3 Å². The molecule has 3 rings (SSSR count). The zero-order valence-corrected chi connectivity index (χ0v) is 12.3. The quantitative estimate of drug-likeness (QED) is 0.700. The van der Waals surface area contributed by atoms with Crippen molar-refractivity contribution in [3.8, 4) is 0 Å². The summed E-state index contributed by atoms with van der Waals surface area (Å²) in [4.78, 5) is 24.3. The van der Waals surface area contributed by atoms with Crippen LogP contribution in [0.5, 0.6) is 0 Å². The van der Waals surface area contributed by atoms with E-state index < -0.39 is 5.91 Å². The van der Waals surface area contributed by atoms with Gasteiger partial charge in [0.2, 0.25) is 0 Å². The average Bonchev–Trinajstić information content (AvgIpc) is 3.28. The third-order valence-electron chi connectivity index (χ3n) is 4.13. The number of nitrogens with one attached hydrogen (secondary N) is 1. The van der Waals surface area contributed by atoms with Gasteiger partial charge in [-0.1, -0.05) is 13.3 Å². The van der Waals surface area contributed by atoms with E-state index in [1.54, 1.807) is 0 Å². The van der Waals surface area contributed by atoms with E-state index in [0.29, 0.717) is 27.4 Å². The normalized spacial score (nSPS) is 24.4. The van der Waals surface area contributed by atoms with Crippen LogP contribution in [-0.2, 0) is 0 Å². The Labute approximate surface area is 121 Å². The number of thiophene rings is 1. The largest absolute Gasteiger partial charge is 0.397 e. The van der Waals surface area contributed by atoms with Crippen LogP contribution in [0, 0.1) is 11.8 Å². The number of anilines is 2. The molecule has 2 atom stereocenters. The maximum Gasteiger partial charge on any atom is 0.253 e. The van der Waals surface area contributed by atoms with Gasteiger partial charge in [-0.25, -0.2) is 0 Å². The molecule has 6 heteroatoms. The second-order valence-corrected chi connectivity index (χ2v) is 6.73. The number of nitrogen functional groups attached to an aromatic ring is 1. The number of amides is 1. The molecule has 0 saturated heterocycles. The predicted octanol–water partition coefficient (Wildman–Crippen LogP) is 2.23. The van der Waals surface area contributed by atoms with Crippen molar-refractivity contribution in [1.82, 2.24) is 0 Å². The minimum Gasteiger partial charge on any atom is -0.397 e. The lowest BCUT2D eigenvalue weighted by molar-refractivity contribution is 0.0972. The summed E-state index contributed by atoms with van der Waals surface area (Å²) >= 11 is 1.29. The number of primary amides is 1. The van der Waals surface area contributed by atoms with Crippen LogP contribution in [0.2, 0.25) is 0 Å². The first kappa shape index (κ1) is 13.4. The molecule has 1 aromatic heterocycles. The third-order valence-corrected chi connectivity index (χ3v) is 5.28. The van der Waals surface area contributed by atoms with Crippen LogP contribution in [0.4, 0.5) is 10.7 Å². The summed E-state index contributed by atoms with van der Waals surface area (Å²) in [5.41, 5.74) is 12.0. The lowest BCUT2D eigenvalue weighted by Gasteiger charge is -2.04. The highest BCUT2D eigenvalue weighted by Gasteiger charge is 2.38. The van der Waals surface area contributed by atoms with Crippen LogP contribution in [0.3, 0.4) is 0 Å². The Balaban J connectivity index is 1.89. The fourth-order valence-electron chi connectivity index (χ4n) is 2.55. The number of ketones is 1. The Bertz CT molecular complexity index is 577. The van der Waals surface area contributed by atoms with Gasteiger partial charge in [-0.15, -0.1) is 11.3 Å². The van der Waals surface area contributed by atoms with Gasteiger partial charge in [0, 0.05) is 12.0 Å². The molecule has 2 unspecified atom stereocenters. The second kappa shape index (κ2) is 4.77. The molecule has 5 nitrogen and oxygen atoms in total. The fraction of sp³-hybridized carbons (Fsp3) is 0.571. The van der Waals surface area contributed by atoms with Crippen LogP contribution in [0.15, 0.2) is 0 Å². The summed E-state index contributed by atoms with van der Waals surface area (Å²) in [7, 11) is 0. The molecule has 2 saturated carbocycles. The fourth-order valence-corrected chi connectivity index (χ4v) is 3.75. The Hall–Kier alpha value is -1.56. The number of nitrogens with two attached hydrogens (primary N) is 2. The molecule has 1 amide bonds. The zero-order chi connectivity index (χ0) is 14.4. The monoisotopic (exact) mass is 293 g/mol. The first-order chi connectivity index (χ1) is 9.52. The van der Waals surface area contributed by atoms with Crippen molar-refractivity contribution in [3.63, 3.8) is 0 Å². The van der Waals surface area contributed by atoms with Crippen molar-refractivity contribution in [2.24, 2.45) is 17.6 Å². The van der Waals surface area contributed by atoms with Crippen molar-refractivity contribution in [2.45, 2.75) is 38.6 Å². The molecule has 108 valence electrons. The molecule has 2 aliphatic rings. The number of carbonyl (C=O) groups excluding carboxylic acids is 2. The summed E-state index contributed by atoms with van der Waals surface area (Å²) in [6.45, 7) is 2.15. The van der Waals surface area contributed by atoms with E-state index in [1.807, 2.05) is 0 Å². The summed E-state index contributed by atoms with van der Waals surface area (Å²) in [5.74, 6) is 0.228. The lowest BCUT2D eigenvalue weighted by Crippen LogP contribution is -2.16. The van der Waals surface area contributed by atoms with Crippen molar-refractivity contribution >= 4 is 33.7 Å². The van der Waals surface area contributed by atoms with E-state index in [0.717, 1.165) is 25.7 Å². The summed E-state index contributed by atoms with van der Waals surface area (Å²) < 4.78 is 0. The average molecular weight is 293 g/mol. The molecule has 0 bridgehead atoms. The SMILES string of the molecule is CCC1CC1Nc1sc(C(=O)C2CC2)c(N)c1C(N)=O. The van der Waals surface area contributed by atoms with Gasteiger partial charge in [-0.2, -0.15) is 0 Å². The number of Topliss-reactive ketones (excluding diaryl/α,β-unsaturated/α-hetero) is 1. The number of rotatable bonds is 6. The molecule has 0 spiro atoms. The Morgan fingerprint density at radius 3 is 2.60 bits per heavy atom. The van der Waals surface area contributed by atoms with Crippen molar-refractivity contribution < 1.29 is 9.59 Å². The summed E-state index contributed by atoms with van der Waals surface area (Å²) in [5, 5.41) is 3.99. The summed E-state index contributed by atoms with van der Waals surface area (Å²) in [6, 6.07) is 0.375. The van der Waals surface area contributed by atoms with Gasteiger partial charge < -0.3 is 16.8 Å². The van der Waals surface area contributed by atoms with Gasteiger partial charge in [0.1, 0.15) is 5.00 Å². The molecule has 20 heavy (non-hydrogen) atoms. The molecule has 0 aromatic carbocycles. The molecule has 0 radical (unpaired) electrons. The molecule has 2 fully saturated rings. The minimum atomic E-state index is -0.565. The molecule has 5 N–H and O–H groups in total. The van der Waals surface area contributed by atoms with Crippen molar-refractivity contribution in [1.29, 1.82) is 0 Å². The minimum absolute atomic E-state index is 0.0610. The highest BCUT2D eigenvalue weighted by Crippen LogP contribution is 2.44. The Morgan fingerprint density at radius 1 is 1.40 bits per heavy atom. The Kier molecular flexibility index (Phi) is 3.20. The topological polar surface area (TPSA) is 98.2 Å². The van der Waals surface area contributed by atoms with E-state index in [4.69, 9.17) is 11.5 Å². The van der Waals surface area contributed by atoms with E-state index in [2.05, 4.69) is 12.2 Å². The van der Waals surface area contributed by atoms with Crippen LogP contribution >= 0.6 is 11.3 Å². The first-order valence-corrected chi connectivity index (χ1v) is 7.87. The van der Waals surface area contributed by atoms with Crippen LogP contribution in [0.1, 0.15) is 52.6 Å². The van der Waals surface area contributed by atoms with E-state index >= 15 is 0 Å². The van der Waals surface area contributed by atoms with Gasteiger partial charge in [-0.3, -0.25) is 9.59 Å². The highest BCUT2D eigenvalue weighted by molar-refractivity contribution is 7.19. The van der Waals surface area contributed by atoms with Gasteiger partial charge in [-0.05, 0) is 25.2 Å². The lowest BCUT2D eigenvalue weighted by atomic mass is 10.1. The smallest absolute Gasteiger partial charge is 0.253 e. The van der Waals surface area contributed by atoms with Gasteiger partial charge >= 0.3 is 0 Å². The second-order valence-electron chi connectivity index (χ2n) is 5.71. The molecule has 2 aliphatic carbocycles. The van der Waals surface area contributed by atoms with Crippen LogP contribution in [0.25, 0.3) is 0 Å². The van der Waals surface area contributed by atoms with Gasteiger partial charge in [0.15, 0.2) is 5.78 Å². The van der Waals surface area contributed by atoms with E-state index in [-0.39, 0.29) is 17.4 Å². The third kappa shape index (κ3) is 2.28. The molecular weight excluding hydrogens is 274 g/mol. The standard InChI is InChI=1S/C14H19N3O2S/c1-2-6-5-8(6)17-14-9(13(16)19)10(15)12(20-14)11(18)7-3-4-7/h6-8,17H,2-5,15H2,1H3,(H2,16,19). The van der Waals surface area contributed by atoms with Crippen LogP contribution in [-0.4, -0.2) is 17.7 Å². The van der Waals surface area contributed by atoms with Crippen molar-refractivity contribution in [2.75, 3.05) is 11.1 Å². The maximum atomic E-state index is 12.2. The number of hydrogen-bond donors (Lipinski definition) is 3. The Morgan fingerprint density at radius 2 is 2.10 bits per heavy atom. The van der Waals surface area contributed by atoms with Gasteiger partial charge in [0.05, 0.1) is 16.1 Å². The predicted molar refractivity (Wildman–Crippen MR) is 80.1 cm³/mol. The van der Waals surface area contributed by atoms with Crippen molar-refractivity contribution in [3.05, 3.63) is 10.4 Å². The highest BCUT2D eigenvalue weighted by atomic mass is 32.1. The zero-order valence-electron chi connectivity index (χ0n) is 11.4. The molecule has 1 heterocycles. The van der Waals surface area contributed by atoms with Crippen LogP contribution < -0.4 is 16.8 Å². The summed E-state index contributed by atoms with van der Waals surface area (Å²) in [6.07, 6.45) is 4.05. The first-order valence-electron chi connectivity index (χ1n) is 7.05. The number of carbonyl (C=O) groups is 2. The molecule has 1 aromatic rings. The molecule has 0 aliphatic heterocycles. The maximum absolute atomic E-state index is 12.2. The van der Waals surface area contributed by atoms with E-state index in [9.17, 15) is 9.59 Å².